The fourth-order valence-electron chi connectivity index (χ4n) is 2.81. The zero-order valence-corrected chi connectivity index (χ0v) is 12.3. The normalized spacial score (nSPS) is 25.3. The molecule has 1 saturated heterocycles. The van der Waals surface area contributed by atoms with Gasteiger partial charge in [0.1, 0.15) is 0 Å². The highest BCUT2D eigenvalue weighted by Crippen LogP contribution is 2.31. The molecular formula is C14H28N2O2. The minimum atomic E-state index is -0.383. The number of ether oxygens (including phenoxy) is 1. The maximum Gasteiger partial charge on any atom is 0.230 e. The van der Waals surface area contributed by atoms with E-state index in [2.05, 4.69) is 6.92 Å². The Morgan fingerprint density at radius 1 is 1.44 bits per heavy atom. The summed E-state index contributed by atoms with van der Waals surface area (Å²) < 4.78 is 5.55. The van der Waals surface area contributed by atoms with Crippen molar-refractivity contribution in [2.75, 3.05) is 26.7 Å². The van der Waals surface area contributed by atoms with Crippen LogP contribution in [-0.4, -0.2) is 43.2 Å². The molecule has 0 bridgehead atoms. The summed E-state index contributed by atoms with van der Waals surface area (Å²) in [4.78, 5) is 14.7. The van der Waals surface area contributed by atoms with Crippen molar-refractivity contribution in [2.45, 2.75) is 52.1 Å². The first-order chi connectivity index (χ1) is 8.47. The summed E-state index contributed by atoms with van der Waals surface area (Å²) >= 11 is 0. The molecule has 2 N–H and O–H groups in total. The van der Waals surface area contributed by atoms with Crippen molar-refractivity contribution in [3.63, 3.8) is 0 Å². The van der Waals surface area contributed by atoms with Gasteiger partial charge in [-0.05, 0) is 32.6 Å². The summed E-state index contributed by atoms with van der Waals surface area (Å²) in [7, 11) is 1.73. The molecule has 0 aromatic carbocycles. The number of carbonyl (C=O) groups excluding carboxylic acids is 1. The van der Waals surface area contributed by atoms with Crippen molar-refractivity contribution < 1.29 is 9.53 Å². The zero-order chi connectivity index (χ0) is 13.8. The van der Waals surface area contributed by atoms with E-state index >= 15 is 0 Å². The topological polar surface area (TPSA) is 55.6 Å². The van der Waals surface area contributed by atoms with Crippen molar-refractivity contribution >= 4 is 5.91 Å². The molecule has 0 aliphatic carbocycles. The molecule has 4 heteroatoms. The quantitative estimate of drug-likeness (QED) is 0.815. The lowest BCUT2D eigenvalue weighted by Crippen LogP contribution is -2.55. The molecule has 4 nitrogen and oxygen atoms in total. The Balaban J connectivity index is 2.83. The summed E-state index contributed by atoms with van der Waals surface area (Å²) in [6.07, 6.45) is 3.63. The Kier molecular flexibility index (Phi) is 5.17. The van der Waals surface area contributed by atoms with Crippen LogP contribution in [0.5, 0.6) is 0 Å². The number of hydrogen-bond acceptors (Lipinski definition) is 3. The number of methoxy groups -OCH3 is 1. The Morgan fingerprint density at radius 2 is 2.06 bits per heavy atom. The van der Waals surface area contributed by atoms with Gasteiger partial charge in [-0.15, -0.1) is 0 Å². The van der Waals surface area contributed by atoms with E-state index < -0.39 is 0 Å². The highest BCUT2D eigenvalue weighted by Gasteiger charge is 2.41. The number of hydrogen-bond donors (Lipinski definition) is 1. The van der Waals surface area contributed by atoms with Gasteiger partial charge in [0, 0.05) is 26.7 Å². The molecule has 1 heterocycles. The summed E-state index contributed by atoms with van der Waals surface area (Å²) in [6, 6.07) is 0. The van der Waals surface area contributed by atoms with Crippen LogP contribution >= 0.6 is 0 Å². The van der Waals surface area contributed by atoms with Gasteiger partial charge in [0.25, 0.3) is 0 Å². The predicted molar refractivity (Wildman–Crippen MR) is 73.3 cm³/mol. The van der Waals surface area contributed by atoms with Crippen LogP contribution in [0.1, 0.15) is 46.5 Å². The van der Waals surface area contributed by atoms with Gasteiger partial charge >= 0.3 is 0 Å². The first-order valence-electron chi connectivity index (χ1n) is 7.01. The molecule has 1 fully saturated rings. The van der Waals surface area contributed by atoms with Crippen molar-refractivity contribution in [1.29, 1.82) is 0 Å². The second-order valence-corrected chi connectivity index (χ2v) is 5.68. The third-order valence-corrected chi connectivity index (χ3v) is 4.64. The van der Waals surface area contributed by atoms with Gasteiger partial charge in [0.05, 0.1) is 11.0 Å². The molecule has 0 saturated carbocycles. The summed E-state index contributed by atoms with van der Waals surface area (Å²) in [6.45, 7) is 8.12. The third kappa shape index (κ3) is 2.86. The van der Waals surface area contributed by atoms with Crippen LogP contribution in [0.15, 0.2) is 0 Å². The number of nitrogens with two attached hydrogens (primary N) is 1. The van der Waals surface area contributed by atoms with E-state index in [4.69, 9.17) is 10.5 Å². The highest BCUT2D eigenvalue weighted by atomic mass is 16.5. The molecule has 106 valence electrons. The molecule has 1 rings (SSSR count). The van der Waals surface area contributed by atoms with Crippen LogP contribution in [0.25, 0.3) is 0 Å². The molecule has 0 radical (unpaired) electrons. The van der Waals surface area contributed by atoms with E-state index in [1.54, 1.807) is 7.11 Å². The van der Waals surface area contributed by atoms with Crippen LogP contribution in [0, 0.1) is 5.41 Å². The standard InChI is InChI=1S/C14H28N2O2/c1-5-14(6-2,10-15)12(17)16-9-7-8-13(3,11-16)18-4/h5-11,15H2,1-4H3. The molecule has 1 atom stereocenters. The second kappa shape index (κ2) is 6.02. The largest absolute Gasteiger partial charge is 0.377 e. The highest BCUT2D eigenvalue weighted by molar-refractivity contribution is 5.83. The van der Waals surface area contributed by atoms with E-state index in [0.29, 0.717) is 13.1 Å². The minimum absolute atomic E-state index is 0.199. The molecule has 0 aromatic rings. The van der Waals surface area contributed by atoms with Crippen molar-refractivity contribution in [3.8, 4) is 0 Å². The van der Waals surface area contributed by atoms with Crippen molar-refractivity contribution in [3.05, 3.63) is 0 Å². The average Bonchev–Trinajstić information content (AvgIpc) is 2.41. The molecule has 1 unspecified atom stereocenters. The maximum absolute atomic E-state index is 12.7. The maximum atomic E-state index is 12.7. The SMILES string of the molecule is CCC(CC)(CN)C(=O)N1CCCC(C)(OC)C1. The number of amides is 1. The van der Waals surface area contributed by atoms with Gasteiger partial charge in [-0.25, -0.2) is 0 Å². The number of rotatable bonds is 5. The molecule has 18 heavy (non-hydrogen) atoms. The lowest BCUT2D eigenvalue weighted by Gasteiger charge is -2.43. The molecule has 1 amide bonds. The number of likely N-dealkylation sites (tertiary alicyclic amines) is 1. The van der Waals surface area contributed by atoms with E-state index in [9.17, 15) is 4.79 Å². The Labute approximate surface area is 111 Å². The van der Waals surface area contributed by atoms with Gasteiger partial charge < -0.3 is 15.4 Å². The predicted octanol–water partition coefficient (Wildman–Crippen LogP) is 1.78. The van der Waals surface area contributed by atoms with Gasteiger partial charge in [0.15, 0.2) is 0 Å². The van der Waals surface area contributed by atoms with Crippen LogP contribution < -0.4 is 5.73 Å². The van der Waals surface area contributed by atoms with Crippen LogP contribution in [-0.2, 0) is 9.53 Å². The molecule has 1 aliphatic rings. The Hall–Kier alpha value is -0.610. The zero-order valence-electron chi connectivity index (χ0n) is 12.3. The van der Waals surface area contributed by atoms with Crippen LogP contribution in [0.2, 0.25) is 0 Å². The lowest BCUT2D eigenvalue weighted by atomic mass is 9.80. The molecular weight excluding hydrogens is 228 g/mol. The van der Waals surface area contributed by atoms with Crippen LogP contribution in [0.3, 0.4) is 0 Å². The van der Waals surface area contributed by atoms with Crippen molar-refractivity contribution in [2.24, 2.45) is 11.1 Å². The number of nitrogens with zero attached hydrogens (tertiary/aromatic N) is 1. The monoisotopic (exact) mass is 256 g/mol. The first-order valence-corrected chi connectivity index (χ1v) is 7.01. The van der Waals surface area contributed by atoms with Gasteiger partial charge in [-0.3, -0.25) is 4.79 Å². The summed E-state index contributed by atoms with van der Waals surface area (Å²) in [5.41, 5.74) is 5.28. The number of piperidine rings is 1. The van der Waals surface area contributed by atoms with Gasteiger partial charge in [-0.2, -0.15) is 0 Å². The fourth-order valence-corrected chi connectivity index (χ4v) is 2.81. The average molecular weight is 256 g/mol. The van der Waals surface area contributed by atoms with E-state index in [0.717, 1.165) is 32.2 Å². The van der Waals surface area contributed by atoms with E-state index in [1.807, 2.05) is 18.7 Å². The summed E-state index contributed by atoms with van der Waals surface area (Å²) in [5, 5.41) is 0. The van der Waals surface area contributed by atoms with E-state index in [-0.39, 0.29) is 16.9 Å². The first kappa shape index (κ1) is 15.4. The van der Waals surface area contributed by atoms with Crippen molar-refractivity contribution in [1.82, 2.24) is 4.90 Å². The third-order valence-electron chi connectivity index (χ3n) is 4.64. The minimum Gasteiger partial charge on any atom is -0.377 e. The number of carbonyl (C=O) groups is 1. The fraction of sp³-hybridized carbons (Fsp3) is 0.929. The van der Waals surface area contributed by atoms with Crippen LogP contribution in [0.4, 0.5) is 0 Å². The second-order valence-electron chi connectivity index (χ2n) is 5.68. The molecule has 1 aliphatic heterocycles. The van der Waals surface area contributed by atoms with Gasteiger partial charge in [0.2, 0.25) is 5.91 Å². The smallest absolute Gasteiger partial charge is 0.230 e. The lowest BCUT2D eigenvalue weighted by molar-refractivity contribution is -0.150. The van der Waals surface area contributed by atoms with E-state index in [1.165, 1.54) is 0 Å². The molecule has 0 aromatic heterocycles. The summed E-state index contributed by atoms with van der Waals surface area (Å²) in [5.74, 6) is 0.206. The van der Waals surface area contributed by atoms with Gasteiger partial charge in [-0.1, -0.05) is 13.8 Å². The molecule has 0 spiro atoms. The Bertz CT molecular complexity index is 281. The Morgan fingerprint density at radius 3 is 2.50 bits per heavy atom.